The van der Waals surface area contributed by atoms with Crippen molar-refractivity contribution in [2.75, 3.05) is 14.7 Å². The van der Waals surface area contributed by atoms with Crippen molar-refractivity contribution in [3.05, 3.63) is 219 Å². The van der Waals surface area contributed by atoms with E-state index in [9.17, 15) is 5.48 Å². The van der Waals surface area contributed by atoms with E-state index in [0.717, 1.165) is 27.9 Å². The van der Waals surface area contributed by atoms with E-state index in [-0.39, 0.29) is 48.4 Å². The molecule has 2 aliphatic heterocycles. The number of hydrogen-bond acceptors (Lipinski definition) is 6. The normalized spacial score (nSPS) is 14.8. The minimum Gasteiger partial charge on any atom is -0.509 e. The minimum absolute atomic E-state index is 0. The molecule has 7 heteroatoms. The van der Waals surface area contributed by atoms with Crippen molar-refractivity contribution < 1.29 is 38.9 Å². The zero-order chi connectivity index (χ0) is 51.2. The third-order valence-electron chi connectivity index (χ3n) is 11.2. The summed E-state index contributed by atoms with van der Waals surface area (Å²) in [7, 11) is 0. The van der Waals surface area contributed by atoms with Crippen molar-refractivity contribution in [2.24, 2.45) is 0 Å². The maximum absolute atomic E-state index is 9.24. The monoisotopic (exact) mass is 928 g/mol. The summed E-state index contributed by atoms with van der Waals surface area (Å²) in [5, 5.41) is 0. The van der Waals surface area contributed by atoms with Crippen LogP contribution in [0.5, 0.6) is 11.5 Å². The number of anilines is 7. The Bertz CT molecular complexity index is 3590. The van der Waals surface area contributed by atoms with Crippen LogP contribution in [0.2, 0.25) is 0 Å². The van der Waals surface area contributed by atoms with Crippen LogP contribution < -0.4 is 19.4 Å². The van der Waals surface area contributed by atoms with Gasteiger partial charge in [-0.25, -0.2) is 4.98 Å². The summed E-state index contributed by atoms with van der Waals surface area (Å²) in [6.45, 7) is 7.59. The van der Waals surface area contributed by atoms with Gasteiger partial charge in [0, 0.05) is 84.3 Å². The summed E-state index contributed by atoms with van der Waals surface area (Å²) >= 11 is 0. The van der Waals surface area contributed by atoms with Crippen molar-refractivity contribution in [3.63, 3.8) is 0 Å². The van der Waals surface area contributed by atoms with E-state index >= 15 is 0 Å². The average molecular weight is 929 g/mol. The van der Waals surface area contributed by atoms with Gasteiger partial charge in [-0.15, -0.1) is 48.3 Å². The minimum atomic E-state index is -0.631. The summed E-state index contributed by atoms with van der Waals surface area (Å²) in [6.07, 6.45) is 5.39. The number of para-hydroxylation sites is 3. The Hall–Kier alpha value is -7.30. The second-order valence-corrected chi connectivity index (χ2v) is 16.1. The number of pyridine rings is 2. The first-order valence-corrected chi connectivity index (χ1v) is 20.4. The van der Waals surface area contributed by atoms with Gasteiger partial charge < -0.3 is 19.4 Å². The zero-order valence-corrected chi connectivity index (χ0v) is 36.3. The van der Waals surface area contributed by atoms with Crippen LogP contribution in [0.25, 0.3) is 44.5 Å². The van der Waals surface area contributed by atoms with E-state index in [1.54, 1.807) is 42.2 Å². The summed E-state index contributed by atoms with van der Waals surface area (Å²) in [6, 6.07) is 38.0. The van der Waals surface area contributed by atoms with E-state index in [0.29, 0.717) is 45.6 Å². The number of hydrogen-bond donors (Lipinski definition) is 0. The van der Waals surface area contributed by atoms with Crippen molar-refractivity contribution in [1.29, 1.82) is 0 Å². The third kappa shape index (κ3) is 7.33. The fourth-order valence-electron chi connectivity index (χ4n) is 8.22. The standard InChI is InChI=1S/C57H42N5O.Pd/c1-57(2,3)41-33-48(39-17-6-4-7-18-39)56(49(34-41)40-19-8-5-9-20-40)61-38-60(52-25-12-13-26-53(52)61)42-21-16-22-43(35-42)63-44-28-29-47-50-37-58-32-30-45(50)46-23-10-11-24-51(46)62(54(47)36-44)55-27-14-15-31-59-55;/h4-34,37-38H,1-3H3;/q-3;/i4D,5D,6D,7D,8D,9D,17D,18D,19D,20D;. The van der Waals surface area contributed by atoms with E-state index < -0.39 is 65.8 Å². The second kappa shape index (κ2) is 16.8. The van der Waals surface area contributed by atoms with E-state index in [4.69, 9.17) is 17.9 Å². The van der Waals surface area contributed by atoms with Gasteiger partial charge >= 0.3 is 0 Å². The molecule has 4 heterocycles. The molecule has 0 spiro atoms. The van der Waals surface area contributed by atoms with Crippen LogP contribution in [0.15, 0.2) is 194 Å². The summed E-state index contributed by atoms with van der Waals surface area (Å²) in [5.41, 5.74) is 7.56. The van der Waals surface area contributed by atoms with E-state index in [1.165, 1.54) is 0 Å². The Labute approximate surface area is 402 Å². The predicted molar refractivity (Wildman–Crippen MR) is 256 cm³/mol. The smallest absolute Gasteiger partial charge is 0.135 e. The van der Waals surface area contributed by atoms with Crippen LogP contribution in [-0.4, -0.2) is 9.97 Å². The molecule has 0 unspecified atom stereocenters. The molecule has 2 aromatic heterocycles. The van der Waals surface area contributed by atoms with Crippen LogP contribution in [0, 0.1) is 18.8 Å². The Kier molecular flexibility index (Phi) is 8.04. The number of benzene rings is 7. The third-order valence-corrected chi connectivity index (χ3v) is 11.2. The fourth-order valence-corrected chi connectivity index (χ4v) is 8.22. The molecule has 0 N–H and O–H groups in total. The summed E-state index contributed by atoms with van der Waals surface area (Å²) in [5.74, 6) is 1.44. The molecule has 0 radical (unpaired) electrons. The molecule has 314 valence electrons. The van der Waals surface area contributed by atoms with Crippen LogP contribution in [0.4, 0.5) is 39.9 Å². The molecule has 0 aliphatic carbocycles. The first-order valence-electron chi connectivity index (χ1n) is 25.4. The van der Waals surface area contributed by atoms with Gasteiger partial charge in [0.2, 0.25) is 0 Å². The van der Waals surface area contributed by atoms with Gasteiger partial charge in [0.25, 0.3) is 0 Å². The van der Waals surface area contributed by atoms with Gasteiger partial charge in [0.15, 0.2) is 0 Å². The molecule has 11 rings (SSSR count). The van der Waals surface area contributed by atoms with Crippen LogP contribution in [-0.2, 0) is 25.8 Å². The van der Waals surface area contributed by atoms with Gasteiger partial charge in [-0.05, 0) is 81.8 Å². The number of nitrogens with zero attached hydrogens (tertiary/aromatic N) is 5. The summed E-state index contributed by atoms with van der Waals surface area (Å²) in [4.78, 5) is 15.0. The van der Waals surface area contributed by atoms with Crippen LogP contribution in [0.1, 0.15) is 40.0 Å². The van der Waals surface area contributed by atoms with Crippen molar-refractivity contribution in [2.45, 2.75) is 26.2 Å². The number of fused-ring (bicyclic) bond motifs is 6. The molecule has 0 saturated carbocycles. The molecule has 2 aliphatic rings. The number of rotatable bonds is 7. The second-order valence-electron chi connectivity index (χ2n) is 16.1. The quantitative estimate of drug-likeness (QED) is 0.117. The molecule has 0 saturated heterocycles. The molecule has 9 aromatic rings. The van der Waals surface area contributed by atoms with E-state index in [2.05, 4.69) is 34.1 Å². The van der Waals surface area contributed by atoms with Crippen molar-refractivity contribution in [3.8, 4) is 56.0 Å². The predicted octanol–water partition coefficient (Wildman–Crippen LogP) is 15.0. The average Bonchev–Trinajstić information content (AvgIpc) is 3.73. The largest absolute Gasteiger partial charge is 0.509 e. The van der Waals surface area contributed by atoms with Gasteiger partial charge in [-0.2, -0.15) is 12.1 Å². The summed E-state index contributed by atoms with van der Waals surface area (Å²) < 4.78 is 95.5. The molecular weight excluding hydrogens is 877 g/mol. The Morgan fingerprint density at radius 2 is 1.23 bits per heavy atom. The fraction of sp³-hybridized carbons (Fsp3) is 0.0702. The van der Waals surface area contributed by atoms with Crippen LogP contribution >= 0.6 is 0 Å². The van der Waals surface area contributed by atoms with Gasteiger partial charge in [-0.1, -0.05) is 123 Å². The Morgan fingerprint density at radius 1 is 0.578 bits per heavy atom. The first kappa shape index (κ1) is 30.7. The molecular formula is C57H42N5OPd-3. The molecule has 6 nitrogen and oxygen atoms in total. The van der Waals surface area contributed by atoms with Gasteiger partial charge in [0.05, 0.1) is 19.4 Å². The Morgan fingerprint density at radius 3 is 1.92 bits per heavy atom. The molecule has 0 atom stereocenters. The van der Waals surface area contributed by atoms with E-state index in [1.807, 2.05) is 117 Å². The topological polar surface area (TPSA) is 44.7 Å². The van der Waals surface area contributed by atoms with Gasteiger partial charge in [-0.3, -0.25) is 4.98 Å². The maximum atomic E-state index is 9.24. The number of aromatic nitrogens is 2. The van der Waals surface area contributed by atoms with Crippen LogP contribution in [0.3, 0.4) is 0 Å². The zero-order valence-electron chi connectivity index (χ0n) is 44.7. The molecule has 0 amide bonds. The molecule has 7 aromatic carbocycles. The maximum Gasteiger partial charge on any atom is 0.135 e. The van der Waals surface area contributed by atoms with Crippen molar-refractivity contribution in [1.82, 2.24) is 9.97 Å². The molecule has 0 bridgehead atoms. The van der Waals surface area contributed by atoms with Crippen molar-refractivity contribution >= 4 is 39.9 Å². The first-order chi connectivity index (χ1) is 35.0. The molecule has 0 fully saturated rings. The Balaban J connectivity index is 0.00000626. The SMILES string of the molecule is [2H]c1c([2H])c([2H])c(-c2cc(C(C)(C)C)cc(-c3c([2H])c([2H])c([2H])c([2H])c3[2H])c2N2[CH-]N(c3[c-]c(Oc4[c-]c5c(cc4)-c4cnccc4-c4ccccc4N5c4ccccn4)ccc3)c3ccccc32)c([2H])c1[2H].[Pd]. The molecule has 64 heavy (non-hydrogen) atoms. The van der Waals surface area contributed by atoms with Gasteiger partial charge in [0.1, 0.15) is 5.82 Å². The number of ether oxygens (including phenoxy) is 1.